The fraction of sp³-hybridized carbons (Fsp3) is 0.111. The van der Waals surface area contributed by atoms with Crippen LogP contribution in [0.15, 0.2) is 18.2 Å². The molecule has 0 saturated heterocycles. The van der Waals surface area contributed by atoms with E-state index in [9.17, 15) is 0 Å². The van der Waals surface area contributed by atoms with Crippen LogP contribution in [0.4, 0.5) is 5.82 Å². The number of halogens is 1. The highest BCUT2D eigenvalue weighted by Gasteiger charge is 2.05. The van der Waals surface area contributed by atoms with E-state index in [0.717, 1.165) is 10.9 Å². The molecule has 66 valence electrons. The highest BCUT2D eigenvalue weighted by molar-refractivity contribution is 6.36. The van der Waals surface area contributed by atoms with Crippen LogP contribution >= 0.6 is 11.6 Å². The third-order valence-electron chi connectivity index (χ3n) is 1.81. The van der Waals surface area contributed by atoms with E-state index in [1.54, 1.807) is 13.0 Å². The highest BCUT2D eigenvalue weighted by atomic mass is 35.5. The van der Waals surface area contributed by atoms with Crippen LogP contribution in [0.1, 0.15) is 5.82 Å². The fourth-order valence-electron chi connectivity index (χ4n) is 1.29. The maximum Gasteiger partial charge on any atom is 0.136 e. The van der Waals surface area contributed by atoms with E-state index in [-0.39, 0.29) is 0 Å². The van der Waals surface area contributed by atoms with E-state index in [2.05, 4.69) is 9.97 Å². The maximum atomic E-state index is 5.95. The summed E-state index contributed by atoms with van der Waals surface area (Å²) < 4.78 is 0. The minimum Gasteiger partial charge on any atom is -0.383 e. The molecule has 1 aromatic heterocycles. The van der Waals surface area contributed by atoms with Gasteiger partial charge in [-0.3, -0.25) is 0 Å². The zero-order valence-corrected chi connectivity index (χ0v) is 7.84. The van der Waals surface area contributed by atoms with Gasteiger partial charge in [-0.2, -0.15) is 0 Å². The number of fused-ring (bicyclic) bond motifs is 1. The molecule has 0 bridgehead atoms. The van der Waals surface area contributed by atoms with Crippen LogP contribution in [0, 0.1) is 6.92 Å². The highest BCUT2D eigenvalue weighted by Crippen LogP contribution is 2.25. The van der Waals surface area contributed by atoms with Crippen molar-refractivity contribution in [3.05, 3.63) is 29.0 Å². The molecule has 0 aliphatic rings. The Morgan fingerprint density at radius 2 is 2.08 bits per heavy atom. The second-order valence-electron chi connectivity index (χ2n) is 2.79. The normalized spacial score (nSPS) is 10.6. The summed E-state index contributed by atoms with van der Waals surface area (Å²) in [6, 6.07) is 5.49. The number of nitrogens with two attached hydrogens (primary N) is 1. The Kier molecular flexibility index (Phi) is 1.81. The molecule has 0 radical (unpaired) electrons. The maximum absolute atomic E-state index is 5.95. The molecule has 1 heterocycles. The quantitative estimate of drug-likeness (QED) is 0.698. The molecule has 13 heavy (non-hydrogen) atoms. The second kappa shape index (κ2) is 2.85. The predicted octanol–water partition coefficient (Wildman–Crippen LogP) is 2.17. The monoisotopic (exact) mass is 193 g/mol. The first kappa shape index (κ1) is 8.26. The van der Waals surface area contributed by atoms with E-state index >= 15 is 0 Å². The molecule has 0 spiro atoms. The lowest BCUT2D eigenvalue weighted by Gasteiger charge is -2.03. The van der Waals surface area contributed by atoms with Crippen LogP contribution in [0.5, 0.6) is 0 Å². The Morgan fingerprint density at radius 3 is 2.85 bits per heavy atom. The number of rotatable bonds is 0. The average Bonchev–Trinajstić information content (AvgIpc) is 2.02. The van der Waals surface area contributed by atoms with Crippen LogP contribution in [0.2, 0.25) is 5.02 Å². The van der Waals surface area contributed by atoms with Crippen molar-refractivity contribution in [2.24, 2.45) is 0 Å². The molecule has 0 saturated carbocycles. The fourth-order valence-corrected chi connectivity index (χ4v) is 1.56. The summed E-state index contributed by atoms with van der Waals surface area (Å²) in [5.41, 5.74) is 6.51. The van der Waals surface area contributed by atoms with Gasteiger partial charge in [0.15, 0.2) is 0 Å². The van der Waals surface area contributed by atoms with Gasteiger partial charge in [0.25, 0.3) is 0 Å². The molecular formula is C9H8ClN3. The molecule has 2 rings (SSSR count). The molecule has 0 aliphatic carbocycles. The van der Waals surface area contributed by atoms with Crippen molar-refractivity contribution in [1.29, 1.82) is 0 Å². The number of nitrogens with zero attached hydrogens (tertiary/aromatic N) is 2. The molecule has 1 aromatic carbocycles. The number of anilines is 1. The first-order valence-electron chi connectivity index (χ1n) is 3.87. The van der Waals surface area contributed by atoms with Gasteiger partial charge >= 0.3 is 0 Å². The Labute approximate surface area is 80.6 Å². The average molecular weight is 194 g/mol. The van der Waals surface area contributed by atoms with E-state index in [4.69, 9.17) is 17.3 Å². The Hall–Kier alpha value is -1.35. The van der Waals surface area contributed by atoms with Crippen molar-refractivity contribution < 1.29 is 0 Å². The van der Waals surface area contributed by atoms with Gasteiger partial charge in [-0.15, -0.1) is 0 Å². The van der Waals surface area contributed by atoms with Gasteiger partial charge in [0.2, 0.25) is 0 Å². The lowest BCUT2D eigenvalue weighted by Crippen LogP contribution is -1.97. The van der Waals surface area contributed by atoms with Crippen LogP contribution < -0.4 is 5.73 Å². The van der Waals surface area contributed by atoms with Crippen molar-refractivity contribution in [2.45, 2.75) is 6.92 Å². The number of hydrogen-bond donors (Lipinski definition) is 1. The summed E-state index contributed by atoms with van der Waals surface area (Å²) in [6.45, 7) is 1.80. The largest absolute Gasteiger partial charge is 0.383 e. The van der Waals surface area contributed by atoms with Crippen molar-refractivity contribution in [1.82, 2.24) is 9.97 Å². The van der Waals surface area contributed by atoms with Crippen LogP contribution in [-0.2, 0) is 0 Å². The number of aryl methyl sites for hydroxylation is 1. The molecule has 0 unspecified atom stereocenters. The molecule has 0 fully saturated rings. The molecule has 0 aliphatic heterocycles. The third kappa shape index (κ3) is 1.31. The molecule has 2 N–H and O–H groups in total. The van der Waals surface area contributed by atoms with Gasteiger partial charge in [-0.1, -0.05) is 17.7 Å². The van der Waals surface area contributed by atoms with Crippen LogP contribution in [0.3, 0.4) is 0 Å². The Morgan fingerprint density at radius 1 is 1.31 bits per heavy atom. The summed E-state index contributed by atoms with van der Waals surface area (Å²) in [5, 5.41) is 1.32. The molecule has 4 heteroatoms. The van der Waals surface area contributed by atoms with E-state index in [1.165, 1.54) is 0 Å². The van der Waals surface area contributed by atoms with Gasteiger partial charge in [0, 0.05) is 0 Å². The molecule has 0 amide bonds. The first-order valence-corrected chi connectivity index (χ1v) is 4.24. The van der Waals surface area contributed by atoms with Crippen LogP contribution in [0.25, 0.3) is 10.9 Å². The number of benzene rings is 1. The van der Waals surface area contributed by atoms with Crippen molar-refractivity contribution >= 4 is 28.3 Å². The Balaban J connectivity index is 2.94. The lowest BCUT2D eigenvalue weighted by molar-refractivity contribution is 1.10. The van der Waals surface area contributed by atoms with E-state index in [1.807, 2.05) is 12.1 Å². The second-order valence-corrected chi connectivity index (χ2v) is 3.20. The van der Waals surface area contributed by atoms with Crippen LogP contribution in [-0.4, -0.2) is 9.97 Å². The van der Waals surface area contributed by atoms with Gasteiger partial charge in [0.05, 0.1) is 15.9 Å². The molecule has 0 atom stereocenters. The van der Waals surface area contributed by atoms with Gasteiger partial charge in [0.1, 0.15) is 11.6 Å². The van der Waals surface area contributed by atoms with Crippen molar-refractivity contribution in [3.63, 3.8) is 0 Å². The smallest absolute Gasteiger partial charge is 0.136 e. The van der Waals surface area contributed by atoms with E-state index < -0.39 is 0 Å². The predicted molar refractivity (Wildman–Crippen MR) is 53.7 cm³/mol. The third-order valence-corrected chi connectivity index (χ3v) is 2.13. The lowest BCUT2D eigenvalue weighted by atomic mass is 10.2. The van der Waals surface area contributed by atoms with Gasteiger partial charge in [-0.25, -0.2) is 9.97 Å². The summed E-state index contributed by atoms with van der Waals surface area (Å²) in [7, 11) is 0. The first-order chi connectivity index (χ1) is 6.18. The summed E-state index contributed by atoms with van der Waals surface area (Å²) in [4.78, 5) is 8.27. The van der Waals surface area contributed by atoms with Gasteiger partial charge in [-0.05, 0) is 19.1 Å². The minimum atomic E-state index is 0.438. The summed E-state index contributed by atoms with van der Waals surface area (Å²) in [5.74, 6) is 1.10. The molecular weight excluding hydrogens is 186 g/mol. The van der Waals surface area contributed by atoms with Gasteiger partial charge < -0.3 is 5.73 Å². The zero-order chi connectivity index (χ0) is 9.42. The minimum absolute atomic E-state index is 0.438. The number of nitrogen functional groups attached to an aromatic ring is 1. The number of hydrogen-bond acceptors (Lipinski definition) is 3. The van der Waals surface area contributed by atoms with E-state index in [0.29, 0.717) is 16.7 Å². The Bertz CT molecular complexity index is 468. The topological polar surface area (TPSA) is 51.8 Å². The SMILES string of the molecule is Cc1nc(N)c2c(Cl)cccc2n1. The van der Waals surface area contributed by atoms with Crippen molar-refractivity contribution in [3.8, 4) is 0 Å². The zero-order valence-electron chi connectivity index (χ0n) is 7.08. The van der Waals surface area contributed by atoms with Crippen molar-refractivity contribution in [2.75, 3.05) is 5.73 Å². The summed E-state index contributed by atoms with van der Waals surface area (Å²) >= 11 is 5.95. The summed E-state index contributed by atoms with van der Waals surface area (Å²) in [6.07, 6.45) is 0. The molecule has 2 aromatic rings. The standard InChI is InChI=1S/C9H8ClN3/c1-5-12-7-4-2-3-6(10)8(7)9(11)13-5/h2-4H,1H3,(H2,11,12,13). The number of aromatic nitrogens is 2. The molecule has 3 nitrogen and oxygen atoms in total.